The molecule has 0 saturated carbocycles. The Balaban J connectivity index is 1.50. The predicted molar refractivity (Wildman–Crippen MR) is 119 cm³/mol. The number of carbonyl (C=O) groups is 3. The van der Waals surface area contributed by atoms with Gasteiger partial charge in [0.05, 0.1) is 24.0 Å². The molecule has 176 valence electrons. The van der Waals surface area contributed by atoms with Crippen molar-refractivity contribution in [2.24, 2.45) is 0 Å². The van der Waals surface area contributed by atoms with Crippen LogP contribution in [0, 0.1) is 0 Å². The van der Waals surface area contributed by atoms with E-state index in [1.165, 1.54) is 41.9 Å². The Labute approximate surface area is 195 Å². The number of carbonyl (C=O) groups excluding carboxylic acids is 3. The van der Waals surface area contributed by atoms with E-state index in [1.807, 2.05) is 17.4 Å². The number of nitrogens with zero attached hydrogens (tertiary/aromatic N) is 1. The number of methoxy groups -OCH3 is 1. The minimum atomic E-state index is -3.97. The Morgan fingerprint density at radius 1 is 1.09 bits per heavy atom. The first-order chi connectivity index (χ1) is 16.3. The van der Waals surface area contributed by atoms with E-state index >= 15 is 0 Å². The lowest BCUT2D eigenvalue weighted by molar-refractivity contribution is -0.123. The fourth-order valence-corrected chi connectivity index (χ4v) is 5.06. The first-order valence-corrected chi connectivity index (χ1v) is 11.6. The SMILES string of the molecule is COc1ccc(S(=O)(=O)N2CCc3ccccc32)cc1C(=O)OCC(=O)NC(=O)c1ccco1. The van der Waals surface area contributed by atoms with Crippen LogP contribution in [0.1, 0.15) is 26.5 Å². The third-order valence-corrected chi connectivity index (χ3v) is 6.96. The van der Waals surface area contributed by atoms with Crippen LogP contribution in [-0.4, -0.2) is 46.5 Å². The minimum Gasteiger partial charge on any atom is -0.496 e. The standard InChI is InChI=1S/C23H20N2O8S/c1-31-19-9-8-16(34(29,30)25-11-10-15-5-2-3-6-18(15)25)13-17(19)23(28)33-14-21(26)24-22(27)20-7-4-12-32-20/h2-9,12-13H,10-11,14H2,1H3,(H,24,26,27). The van der Waals surface area contributed by atoms with Gasteiger partial charge in [0.2, 0.25) is 0 Å². The lowest BCUT2D eigenvalue weighted by Gasteiger charge is -2.20. The van der Waals surface area contributed by atoms with Crippen molar-refractivity contribution in [1.82, 2.24) is 5.32 Å². The summed E-state index contributed by atoms with van der Waals surface area (Å²) in [7, 11) is -2.66. The molecule has 0 bridgehead atoms. The molecular weight excluding hydrogens is 464 g/mol. The van der Waals surface area contributed by atoms with E-state index < -0.39 is 34.4 Å². The zero-order chi connectivity index (χ0) is 24.3. The van der Waals surface area contributed by atoms with Crippen molar-refractivity contribution in [3.05, 3.63) is 77.7 Å². The van der Waals surface area contributed by atoms with Gasteiger partial charge in [-0.15, -0.1) is 0 Å². The van der Waals surface area contributed by atoms with E-state index in [1.54, 1.807) is 12.1 Å². The lowest BCUT2D eigenvalue weighted by Crippen LogP contribution is -2.34. The minimum absolute atomic E-state index is 0.0674. The topological polar surface area (TPSA) is 132 Å². The number of ether oxygens (including phenoxy) is 2. The molecule has 2 amide bonds. The van der Waals surface area contributed by atoms with Crippen LogP contribution in [0.2, 0.25) is 0 Å². The van der Waals surface area contributed by atoms with E-state index in [2.05, 4.69) is 0 Å². The number of imide groups is 1. The van der Waals surface area contributed by atoms with Crippen LogP contribution in [0.15, 0.2) is 70.2 Å². The number of amides is 2. The molecule has 1 N–H and O–H groups in total. The zero-order valence-corrected chi connectivity index (χ0v) is 18.8. The second-order valence-electron chi connectivity index (χ2n) is 7.25. The monoisotopic (exact) mass is 484 g/mol. The summed E-state index contributed by atoms with van der Waals surface area (Å²) in [6, 6.07) is 13.8. The van der Waals surface area contributed by atoms with Gasteiger partial charge in [0, 0.05) is 6.54 Å². The molecule has 2 aromatic carbocycles. The summed E-state index contributed by atoms with van der Waals surface area (Å²) in [6.07, 6.45) is 1.85. The second-order valence-corrected chi connectivity index (χ2v) is 9.11. The molecule has 0 saturated heterocycles. The molecule has 3 aromatic rings. The number of hydrogen-bond donors (Lipinski definition) is 1. The molecule has 0 aliphatic carbocycles. The number of furan rings is 1. The molecule has 4 rings (SSSR count). The molecule has 0 atom stereocenters. The Hall–Kier alpha value is -4.12. The van der Waals surface area contributed by atoms with Crippen LogP contribution < -0.4 is 14.4 Å². The fourth-order valence-electron chi connectivity index (χ4n) is 3.53. The first-order valence-electron chi connectivity index (χ1n) is 10.1. The summed E-state index contributed by atoms with van der Waals surface area (Å²) in [6.45, 7) is -0.498. The zero-order valence-electron chi connectivity index (χ0n) is 18.0. The summed E-state index contributed by atoms with van der Waals surface area (Å²) in [4.78, 5) is 36.3. The molecule has 11 heteroatoms. The molecule has 0 radical (unpaired) electrons. The van der Waals surface area contributed by atoms with Crippen molar-refractivity contribution >= 4 is 33.5 Å². The van der Waals surface area contributed by atoms with Crippen molar-refractivity contribution in [2.45, 2.75) is 11.3 Å². The summed E-state index contributed by atoms with van der Waals surface area (Å²) in [5.74, 6) is -2.68. The number of sulfonamides is 1. The normalized spacial score (nSPS) is 12.7. The Morgan fingerprint density at radius 2 is 1.88 bits per heavy atom. The maximum Gasteiger partial charge on any atom is 0.342 e. The average molecular weight is 484 g/mol. The highest BCUT2D eigenvalue weighted by Crippen LogP contribution is 2.34. The first kappa shape index (κ1) is 23.1. The summed E-state index contributed by atoms with van der Waals surface area (Å²) in [5, 5.41) is 2.02. The Bertz CT molecular complexity index is 1350. The molecule has 1 aromatic heterocycles. The van der Waals surface area contributed by atoms with Crippen molar-refractivity contribution in [3.63, 3.8) is 0 Å². The Kier molecular flexibility index (Phi) is 6.37. The molecule has 34 heavy (non-hydrogen) atoms. The van der Waals surface area contributed by atoms with Gasteiger partial charge in [-0.1, -0.05) is 18.2 Å². The molecule has 1 aliphatic heterocycles. The average Bonchev–Trinajstić information content (AvgIpc) is 3.52. The summed E-state index contributed by atoms with van der Waals surface area (Å²) < 4.78 is 42.9. The number of hydrogen-bond acceptors (Lipinski definition) is 8. The van der Waals surface area contributed by atoms with Gasteiger partial charge >= 0.3 is 5.97 Å². The van der Waals surface area contributed by atoms with Gasteiger partial charge in [-0.3, -0.25) is 19.2 Å². The van der Waals surface area contributed by atoms with Gasteiger partial charge < -0.3 is 13.9 Å². The van der Waals surface area contributed by atoms with Crippen LogP contribution in [0.5, 0.6) is 5.75 Å². The van der Waals surface area contributed by atoms with E-state index in [0.717, 1.165) is 11.6 Å². The van der Waals surface area contributed by atoms with Gasteiger partial charge in [0.15, 0.2) is 12.4 Å². The van der Waals surface area contributed by atoms with Crippen molar-refractivity contribution in [3.8, 4) is 5.75 Å². The molecule has 1 aliphatic rings. The smallest absolute Gasteiger partial charge is 0.342 e. The maximum absolute atomic E-state index is 13.3. The van der Waals surface area contributed by atoms with Crippen molar-refractivity contribution in [1.29, 1.82) is 0 Å². The van der Waals surface area contributed by atoms with Crippen LogP contribution >= 0.6 is 0 Å². The number of benzene rings is 2. The molecule has 0 fully saturated rings. The van der Waals surface area contributed by atoms with Crippen molar-refractivity contribution in [2.75, 3.05) is 24.6 Å². The number of para-hydroxylation sites is 1. The molecule has 0 spiro atoms. The molecule has 10 nitrogen and oxygen atoms in total. The van der Waals surface area contributed by atoms with E-state index in [9.17, 15) is 22.8 Å². The maximum atomic E-state index is 13.3. The number of rotatable bonds is 7. The van der Waals surface area contributed by atoms with E-state index in [0.29, 0.717) is 12.1 Å². The lowest BCUT2D eigenvalue weighted by atomic mass is 10.2. The third-order valence-electron chi connectivity index (χ3n) is 5.16. The number of nitrogens with one attached hydrogen (secondary N) is 1. The highest BCUT2D eigenvalue weighted by atomic mass is 32.2. The van der Waals surface area contributed by atoms with Crippen LogP contribution in [-0.2, 0) is 26.0 Å². The van der Waals surface area contributed by atoms with Crippen molar-refractivity contribution < 1.29 is 36.7 Å². The van der Waals surface area contributed by atoms with E-state index in [4.69, 9.17) is 13.9 Å². The third kappa shape index (κ3) is 4.50. The van der Waals surface area contributed by atoms with Crippen LogP contribution in [0.4, 0.5) is 5.69 Å². The Morgan fingerprint density at radius 3 is 2.62 bits per heavy atom. The molecular formula is C23H20N2O8S. The highest BCUT2D eigenvalue weighted by Gasteiger charge is 2.32. The van der Waals surface area contributed by atoms with Gasteiger partial charge in [0.1, 0.15) is 11.3 Å². The summed E-state index contributed by atoms with van der Waals surface area (Å²) in [5.41, 5.74) is 1.32. The van der Waals surface area contributed by atoms with Crippen LogP contribution in [0.25, 0.3) is 0 Å². The number of esters is 1. The van der Waals surface area contributed by atoms with Gasteiger partial charge in [-0.05, 0) is 48.4 Å². The van der Waals surface area contributed by atoms with Gasteiger partial charge in [-0.25, -0.2) is 13.2 Å². The van der Waals surface area contributed by atoms with E-state index in [-0.39, 0.29) is 28.5 Å². The largest absolute Gasteiger partial charge is 0.496 e. The quantitative estimate of drug-likeness (QED) is 0.505. The van der Waals surface area contributed by atoms with Gasteiger partial charge in [-0.2, -0.15) is 0 Å². The predicted octanol–water partition coefficient (Wildman–Crippen LogP) is 2.15. The number of fused-ring (bicyclic) bond motifs is 1. The number of anilines is 1. The highest BCUT2D eigenvalue weighted by molar-refractivity contribution is 7.92. The molecule has 0 unspecified atom stereocenters. The second kappa shape index (κ2) is 9.40. The van der Waals surface area contributed by atoms with Gasteiger partial charge in [0.25, 0.3) is 21.8 Å². The molecule has 2 heterocycles. The van der Waals surface area contributed by atoms with Crippen LogP contribution in [0.3, 0.4) is 0 Å². The summed E-state index contributed by atoms with van der Waals surface area (Å²) >= 11 is 0. The fraction of sp³-hybridized carbons (Fsp3) is 0.174.